The molecule has 2 nitrogen and oxygen atoms in total. The van der Waals surface area contributed by atoms with Crippen LogP contribution in [0.2, 0.25) is 5.02 Å². The van der Waals surface area contributed by atoms with Gasteiger partial charge in [0.1, 0.15) is 5.82 Å². The molecule has 19 heavy (non-hydrogen) atoms. The van der Waals surface area contributed by atoms with E-state index >= 15 is 0 Å². The molecule has 0 aliphatic heterocycles. The van der Waals surface area contributed by atoms with Crippen LogP contribution >= 0.6 is 11.6 Å². The molecular weight excluding hydrogens is 265 g/mol. The molecule has 2 aromatic rings. The Morgan fingerprint density at radius 3 is 2.74 bits per heavy atom. The van der Waals surface area contributed by atoms with E-state index in [9.17, 15) is 4.39 Å². The van der Waals surface area contributed by atoms with Crippen molar-refractivity contribution >= 4 is 17.3 Å². The van der Waals surface area contributed by atoms with E-state index in [1.165, 1.54) is 12.1 Å². The summed E-state index contributed by atoms with van der Waals surface area (Å²) in [4.78, 5) is 0. The van der Waals surface area contributed by atoms with Crippen LogP contribution in [0.3, 0.4) is 0 Å². The van der Waals surface area contributed by atoms with E-state index in [2.05, 4.69) is 5.32 Å². The van der Waals surface area contributed by atoms with E-state index in [0.29, 0.717) is 18.2 Å². The number of anilines is 1. The van der Waals surface area contributed by atoms with Gasteiger partial charge in [0, 0.05) is 29.9 Å². The molecule has 0 bridgehead atoms. The fourth-order valence-electron chi connectivity index (χ4n) is 1.84. The van der Waals surface area contributed by atoms with Crippen molar-refractivity contribution in [3.05, 3.63) is 64.4 Å². The number of hydrogen-bond acceptors (Lipinski definition) is 2. The minimum Gasteiger partial charge on any atom is -0.381 e. The monoisotopic (exact) mass is 279 g/mol. The van der Waals surface area contributed by atoms with Gasteiger partial charge in [-0.2, -0.15) is 0 Å². The van der Waals surface area contributed by atoms with Crippen molar-refractivity contribution in [3.8, 4) is 0 Å². The predicted octanol–water partition coefficient (Wildman–Crippen LogP) is 4.24. The van der Waals surface area contributed by atoms with Crippen LogP contribution in [0.4, 0.5) is 10.1 Å². The molecule has 100 valence electrons. The molecule has 0 saturated heterocycles. The Kier molecular flexibility index (Phi) is 4.77. The highest BCUT2D eigenvalue weighted by atomic mass is 35.5. The summed E-state index contributed by atoms with van der Waals surface area (Å²) in [5.41, 5.74) is 2.75. The van der Waals surface area contributed by atoms with Crippen LogP contribution in [0.1, 0.15) is 11.1 Å². The van der Waals surface area contributed by atoms with Crippen LogP contribution in [0.25, 0.3) is 0 Å². The van der Waals surface area contributed by atoms with Gasteiger partial charge in [-0.1, -0.05) is 29.8 Å². The summed E-state index contributed by atoms with van der Waals surface area (Å²) in [6.45, 7) is 0.997. The zero-order valence-electron chi connectivity index (χ0n) is 10.6. The highest BCUT2D eigenvalue weighted by molar-refractivity contribution is 6.31. The van der Waals surface area contributed by atoms with Crippen LogP contribution in [-0.4, -0.2) is 7.11 Å². The van der Waals surface area contributed by atoms with Crippen molar-refractivity contribution in [3.63, 3.8) is 0 Å². The predicted molar refractivity (Wildman–Crippen MR) is 75.9 cm³/mol. The number of para-hydroxylation sites is 1. The number of halogens is 2. The largest absolute Gasteiger partial charge is 0.381 e. The maximum atomic E-state index is 13.2. The zero-order valence-corrected chi connectivity index (χ0v) is 11.4. The summed E-state index contributed by atoms with van der Waals surface area (Å²) in [6, 6.07) is 12.2. The van der Waals surface area contributed by atoms with Gasteiger partial charge in [-0.25, -0.2) is 4.39 Å². The van der Waals surface area contributed by atoms with Gasteiger partial charge in [-0.05, 0) is 29.8 Å². The molecule has 0 aliphatic carbocycles. The van der Waals surface area contributed by atoms with Crippen LogP contribution in [0.5, 0.6) is 0 Å². The fraction of sp³-hybridized carbons (Fsp3) is 0.200. The second-order valence-electron chi connectivity index (χ2n) is 4.18. The molecular formula is C15H15ClFNO. The molecule has 1 N–H and O–H groups in total. The van der Waals surface area contributed by atoms with Gasteiger partial charge in [-0.15, -0.1) is 0 Å². The quantitative estimate of drug-likeness (QED) is 0.884. The Hall–Kier alpha value is -1.58. The number of benzene rings is 2. The lowest BCUT2D eigenvalue weighted by Gasteiger charge is -2.12. The summed E-state index contributed by atoms with van der Waals surface area (Å²) in [5.74, 6) is -0.286. The average Bonchev–Trinajstić information content (AvgIpc) is 2.42. The maximum Gasteiger partial charge on any atom is 0.123 e. The van der Waals surface area contributed by atoms with E-state index in [0.717, 1.165) is 16.8 Å². The number of hydrogen-bond donors (Lipinski definition) is 1. The van der Waals surface area contributed by atoms with Gasteiger partial charge in [0.15, 0.2) is 0 Å². The Morgan fingerprint density at radius 1 is 1.16 bits per heavy atom. The van der Waals surface area contributed by atoms with Crippen molar-refractivity contribution in [1.82, 2.24) is 0 Å². The topological polar surface area (TPSA) is 21.3 Å². The highest BCUT2D eigenvalue weighted by Crippen LogP contribution is 2.21. The normalized spacial score (nSPS) is 10.5. The van der Waals surface area contributed by atoms with Gasteiger partial charge >= 0.3 is 0 Å². The van der Waals surface area contributed by atoms with Gasteiger partial charge in [0.05, 0.1) is 6.61 Å². The number of nitrogens with one attached hydrogen (secondary N) is 1. The van der Waals surface area contributed by atoms with Gasteiger partial charge in [0.25, 0.3) is 0 Å². The third-order valence-electron chi connectivity index (χ3n) is 2.79. The molecule has 2 aromatic carbocycles. The minimum absolute atomic E-state index is 0.286. The van der Waals surface area contributed by atoms with Crippen molar-refractivity contribution in [1.29, 1.82) is 0 Å². The van der Waals surface area contributed by atoms with Crippen molar-refractivity contribution in [2.75, 3.05) is 12.4 Å². The summed E-state index contributed by atoms with van der Waals surface area (Å²) < 4.78 is 18.3. The van der Waals surface area contributed by atoms with Crippen molar-refractivity contribution < 1.29 is 9.13 Å². The molecule has 0 fully saturated rings. The zero-order chi connectivity index (χ0) is 13.7. The smallest absolute Gasteiger partial charge is 0.123 e. The Morgan fingerprint density at radius 2 is 1.95 bits per heavy atom. The Balaban J connectivity index is 2.12. The van der Waals surface area contributed by atoms with Crippen molar-refractivity contribution in [2.45, 2.75) is 13.2 Å². The third-order valence-corrected chi connectivity index (χ3v) is 3.16. The number of methoxy groups -OCH3 is 1. The average molecular weight is 280 g/mol. The molecule has 4 heteroatoms. The van der Waals surface area contributed by atoms with E-state index in [4.69, 9.17) is 16.3 Å². The molecule has 2 rings (SSSR count). The molecule has 0 aliphatic rings. The molecule has 0 radical (unpaired) electrons. The van der Waals surface area contributed by atoms with E-state index in [-0.39, 0.29) is 5.82 Å². The third kappa shape index (κ3) is 3.69. The first kappa shape index (κ1) is 13.8. The highest BCUT2D eigenvalue weighted by Gasteiger charge is 2.04. The number of ether oxygens (including phenoxy) is 1. The molecule has 0 heterocycles. The summed E-state index contributed by atoms with van der Waals surface area (Å²) in [5, 5.41) is 3.81. The molecule has 0 amide bonds. The van der Waals surface area contributed by atoms with E-state index < -0.39 is 0 Å². The lowest BCUT2D eigenvalue weighted by atomic mass is 10.1. The SMILES string of the molecule is COCc1ccccc1NCc1cc(F)ccc1Cl. The van der Waals surface area contributed by atoms with Crippen LogP contribution in [-0.2, 0) is 17.9 Å². The summed E-state index contributed by atoms with van der Waals surface area (Å²) >= 11 is 6.03. The first-order chi connectivity index (χ1) is 9.20. The van der Waals surface area contributed by atoms with Crippen LogP contribution < -0.4 is 5.32 Å². The first-order valence-electron chi connectivity index (χ1n) is 5.95. The molecule has 0 saturated carbocycles. The van der Waals surface area contributed by atoms with Crippen LogP contribution in [0.15, 0.2) is 42.5 Å². The van der Waals surface area contributed by atoms with E-state index in [1.807, 2.05) is 24.3 Å². The summed E-state index contributed by atoms with van der Waals surface area (Å²) in [6.07, 6.45) is 0. The molecule has 0 atom stereocenters. The molecule has 0 spiro atoms. The lowest BCUT2D eigenvalue weighted by Crippen LogP contribution is -2.03. The Bertz CT molecular complexity index is 560. The fourth-order valence-corrected chi connectivity index (χ4v) is 2.03. The van der Waals surface area contributed by atoms with Gasteiger partial charge < -0.3 is 10.1 Å². The first-order valence-corrected chi connectivity index (χ1v) is 6.33. The summed E-state index contributed by atoms with van der Waals surface area (Å²) in [7, 11) is 1.65. The van der Waals surface area contributed by atoms with Gasteiger partial charge in [-0.3, -0.25) is 0 Å². The van der Waals surface area contributed by atoms with Crippen molar-refractivity contribution in [2.24, 2.45) is 0 Å². The maximum absolute atomic E-state index is 13.2. The minimum atomic E-state index is -0.286. The second kappa shape index (κ2) is 6.55. The number of rotatable bonds is 5. The molecule has 0 unspecified atom stereocenters. The van der Waals surface area contributed by atoms with Crippen LogP contribution in [0, 0.1) is 5.82 Å². The Labute approximate surface area is 117 Å². The van der Waals surface area contributed by atoms with E-state index in [1.54, 1.807) is 13.2 Å². The van der Waals surface area contributed by atoms with Gasteiger partial charge in [0.2, 0.25) is 0 Å². The molecule has 0 aromatic heterocycles. The standard InChI is InChI=1S/C15H15ClFNO/c1-19-10-11-4-2-3-5-15(11)18-9-12-8-13(17)6-7-14(12)16/h2-8,18H,9-10H2,1H3. The lowest BCUT2D eigenvalue weighted by molar-refractivity contribution is 0.185. The second-order valence-corrected chi connectivity index (χ2v) is 4.59.